The summed E-state index contributed by atoms with van der Waals surface area (Å²) in [4.78, 5) is 24.4. The van der Waals surface area contributed by atoms with E-state index in [4.69, 9.17) is 5.11 Å². The first-order chi connectivity index (χ1) is 10.4. The van der Waals surface area contributed by atoms with Crippen molar-refractivity contribution in [3.8, 4) is 0 Å². The lowest BCUT2D eigenvalue weighted by Gasteiger charge is -2.27. The Morgan fingerprint density at radius 3 is 2.32 bits per heavy atom. The zero-order valence-corrected chi connectivity index (χ0v) is 14.2. The number of carbonyl (C=O) groups excluding carboxylic acids is 1. The van der Waals surface area contributed by atoms with E-state index in [1.165, 1.54) is 19.3 Å². The number of rotatable bonds is 13. The van der Waals surface area contributed by atoms with Crippen LogP contribution in [-0.2, 0) is 9.59 Å². The summed E-state index contributed by atoms with van der Waals surface area (Å²) in [6.07, 6.45) is 5.46. The fourth-order valence-corrected chi connectivity index (χ4v) is 2.26. The van der Waals surface area contributed by atoms with Crippen LogP contribution in [0.2, 0.25) is 0 Å². The molecule has 0 fully saturated rings. The van der Waals surface area contributed by atoms with E-state index in [1.54, 1.807) is 18.7 Å². The molecule has 3 N–H and O–H groups in total. The number of nitrogens with zero attached hydrogens (tertiary/aromatic N) is 1. The Bertz CT molecular complexity index is 321. The molecule has 0 aliphatic carbocycles. The van der Waals surface area contributed by atoms with E-state index in [2.05, 4.69) is 12.2 Å². The molecule has 0 radical (unpaired) electrons. The number of amides is 1. The van der Waals surface area contributed by atoms with Crippen molar-refractivity contribution in [1.82, 2.24) is 10.2 Å². The van der Waals surface area contributed by atoms with Crippen LogP contribution in [0.15, 0.2) is 0 Å². The Balaban J connectivity index is 3.95. The van der Waals surface area contributed by atoms with Crippen LogP contribution in [0.4, 0.5) is 0 Å². The second-order valence-corrected chi connectivity index (χ2v) is 5.87. The third-order valence-corrected chi connectivity index (χ3v) is 3.63. The topological polar surface area (TPSA) is 89.9 Å². The number of aliphatic carboxylic acids is 1. The standard InChI is InChI=1S/C16H32N2O4/c1-4-5-6-7-8-9-15(20)17-10-11-18(12-13(2)19)14(3)16(21)22/h13-14,19H,4-12H2,1-3H3,(H,17,20)(H,21,22). The summed E-state index contributed by atoms with van der Waals surface area (Å²) in [5, 5.41) is 21.3. The molecule has 0 heterocycles. The molecular weight excluding hydrogens is 284 g/mol. The zero-order valence-electron chi connectivity index (χ0n) is 14.2. The molecular formula is C16H32N2O4. The molecule has 1 amide bonds. The summed E-state index contributed by atoms with van der Waals surface area (Å²) in [5.74, 6) is -0.917. The Kier molecular flexibility index (Phi) is 11.8. The number of nitrogens with one attached hydrogen (secondary N) is 1. The zero-order chi connectivity index (χ0) is 17.0. The summed E-state index contributed by atoms with van der Waals surface area (Å²) >= 11 is 0. The number of aliphatic hydroxyl groups is 1. The summed E-state index contributed by atoms with van der Waals surface area (Å²) in [5.41, 5.74) is 0. The highest BCUT2D eigenvalue weighted by Gasteiger charge is 2.21. The van der Waals surface area contributed by atoms with Gasteiger partial charge in [-0.05, 0) is 20.3 Å². The van der Waals surface area contributed by atoms with E-state index >= 15 is 0 Å². The molecule has 0 rings (SSSR count). The van der Waals surface area contributed by atoms with Gasteiger partial charge in [0.25, 0.3) is 0 Å². The molecule has 6 heteroatoms. The van der Waals surface area contributed by atoms with Crippen LogP contribution in [-0.4, -0.2) is 58.8 Å². The average molecular weight is 316 g/mol. The van der Waals surface area contributed by atoms with E-state index in [0.29, 0.717) is 19.5 Å². The van der Waals surface area contributed by atoms with Crippen LogP contribution < -0.4 is 5.32 Å². The molecule has 2 atom stereocenters. The highest BCUT2D eigenvalue weighted by atomic mass is 16.4. The van der Waals surface area contributed by atoms with Crippen molar-refractivity contribution >= 4 is 11.9 Å². The molecule has 22 heavy (non-hydrogen) atoms. The molecule has 0 saturated heterocycles. The number of hydrogen-bond donors (Lipinski definition) is 3. The molecule has 0 aromatic carbocycles. The Morgan fingerprint density at radius 2 is 1.77 bits per heavy atom. The number of hydrogen-bond acceptors (Lipinski definition) is 4. The highest BCUT2D eigenvalue weighted by molar-refractivity contribution is 5.75. The molecule has 0 aliphatic rings. The molecule has 0 spiro atoms. The van der Waals surface area contributed by atoms with Gasteiger partial charge in [-0.25, -0.2) is 0 Å². The van der Waals surface area contributed by atoms with Gasteiger partial charge < -0.3 is 15.5 Å². The van der Waals surface area contributed by atoms with Crippen LogP contribution in [0, 0.1) is 0 Å². The smallest absolute Gasteiger partial charge is 0.320 e. The van der Waals surface area contributed by atoms with Gasteiger partial charge in [-0.1, -0.05) is 32.6 Å². The van der Waals surface area contributed by atoms with Gasteiger partial charge in [0.15, 0.2) is 0 Å². The SMILES string of the molecule is CCCCCCCC(=O)NCCN(CC(C)O)C(C)C(=O)O. The van der Waals surface area contributed by atoms with Gasteiger partial charge in [0.05, 0.1) is 6.10 Å². The van der Waals surface area contributed by atoms with Gasteiger partial charge in [-0.2, -0.15) is 0 Å². The third-order valence-electron chi connectivity index (χ3n) is 3.63. The van der Waals surface area contributed by atoms with E-state index in [1.807, 2.05) is 0 Å². The van der Waals surface area contributed by atoms with Gasteiger partial charge in [0.1, 0.15) is 6.04 Å². The highest BCUT2D eigenvalue weighted by Crippen LogP contribution is 2.05. The van der Waals surface area contributed by atoms with Gasteiger partial charge >= 0.3 is 5.97 Å². The lowest BCUT2D eigenvalue weighted by Crippen LogP contribution is -2.46. The molecule has 0 bridgehead atoms. The Labute approximate surface area is 133 Å². The van der Waals surface area contributed by atoms with Gasteiger partial charge in [0, 0.05) is 26.1 Å². The summed E-state index contributed by atoms with van der Waals surface area (Å²) in [6.45, 7) is 6.46. The Hall–Kier alpha value is -1.14. The van der Waals surface area contributed by atoms with Crippen LogP contribution in [0.25, 0.3) is 0 Å². The predicted molar refractivity (Wildman–Crippen MR) is 86.7 cm³/mol. The van der Waals surface area contributed by atoms with Gasteiger partial charge in [-0.15, -0.1) is 0 Å². The second-order valence-electron chi connectivity index (χ2n) is 5.87. The maximum Gasteiger partial charge on any atom is 0.320 e. The van der Waals surface area contributed by atoms with Crippen molar-refractivity contribution in [3.05, 3.63) is 0 Å². The second kappa shape index (κ2) is 12.4. The third kappa shape index (κ3) is 10.6. The lowest BCUT2D eigenvalue weighted by atomic mass is 10.1. The van der Waals surface area contributed by atoms with Crippen molar-refractivity contribution in [3.63, 3.8) is 0 Å². The quantitative estimate of drug-likeness (QED) is 0.449. The van der Waals surface area contributed by atoms with Crippen molar-refractivity contribution in [2.75, 3.05) is 19.6 Å². The van der Waals surface area contributed by atoms with E-state index in [0.717, 1.165) is 12.8 Å². The van der Waals surface area contributed by atoms with Crippen LogP contribution >= 0.6 is 0 Å². The molecule has 6 nitrogen and oxygen atoms in total. The van der Waals surface area contributed by atoms with Crippen LogP contribution in [0.3, 0.4) is 0 Å². The maximum absolute atomic E-state index is 11.7. The van der Waals surface area contributed by atoms with Crippen molar-refractivity contribution < 1.29 is 19.8 Å². The minimum atomic E-state index is -0.928. The lowest BCUT2D eigenvalue weighted by molar-refractivity contribution is -0.143. The normalized spacial score (nSPS) is 13.9. The first kappa shape index (κ1) is 20.9. The molecule has 0 saturated carbocycles. The Morgan fingerprint density at radius 1 is 1.14 bits per heavy atom. The van der Waals surface area contributed by atoms with Gasteiger partial charge in [0.2, 0.25) is 5.91 Å². The minimum absolute atomic E-state index is 0.0106. The average Bonchev–Trinajstić information content (AvgIpc) is 2.44. The van der Waals surface area contributed by atoms with Gasteiger partial charge in [-0.3, -0.25) is 14.5 Å². The number of carbonyl (C=O) groups is 2. The van der Waals surface area contributed by atoms with Crippen molar-refractivity contribution in [1.29, 1.82) is 0 Å². The van der Waals surface area contributed by atoms with E-state index in [9.17, 15) is 14.7 Å². The molecule has 0 aromatic heterocycles. The van der Waals surface area contributed by atoms with Crippen molar-refractivity contribution in [2.45, 2.75) is 71.4 Å². The number of carboxylic acid groups (broad SMARTS) is 1. The fraction of sp³-hybridized carbons (Fsp3) is 0.875. The minimum Gasteiger partial charge on any atom is -0.480 e. The summed E-state index contributed by atoms with van der Waals surface area (Å²) < 4.78 is 0. The number of carboxylic acids is 1. The molecule has 0 aromatic rings. The maximum atomic E-state index is 11.7. The largest absolute Gasteiger partial charge is 0.480 e. The van der Waals surface area contributed by atoms with E-state index in [-0.39, 0.29) is 12.5 Å². The van der Waals surface area contributed by atoms with Crippen molar-refractivity contribution in [2.24, 2.45) is 0 Å². The number of aliphatic hydroxyl groups excluding tert-OH is 1. The van der Waals surface area contributed by atoms with Crippen LogP contribution in [0.5, 0.6) is 0 Å². The summed E-state index contributed by atoms with van der Waals surface area (Å²) in [6, 6.07) is -0.680. The first-order valence-electron chi connectivity index (χ1n) is 8.30. The first-order valence-corrected chi connectivity index (χ1v) is 8.30. The predicted octanol–water partition coefficient (Wildman–Crippen LogP) is 1.62. The number of unbranched alkanes of at least 4 members (excludes halogenated alkanes) is 4. The fourth-order valence-electron chi connectivity index (χ4n) is 2.26. The molecule has 2 unspecified atom stereocenters. The van der Waals surface area contributed by atoms with E-state index < -0.39 is 18.1 Å². The van der Waals surface area contributed by atoms with Crippen LogP contribution in [0.1, 0.15) is 59.3 Å². The summed E-state index contributed by atoms with van der Waals surface area (Å²) in [7, 11) is 0. The molecule has 130 valence electrons. The monoisotopic (exact) mass is 316 g/mol. The molecule has 0 aliphatic heterocycles.